The number of thiazole rings is 1. The second kappa shape index (κ2) is 6.60. The highest BCUT2D eigenvalue weighted by Gasteiger charge is 2.21. The number of hydrogen-bond acceptors (Lipinski definition) is 6. The Morgan fingerprint density at radius 2 is 2.25 bits per heavy atom. The van der Waals surface area contributed by atoms with Crippen LogP contribution in [0.5, 0.6) is 0 Å². The third-order valence-corrected chi connectivity index (χ3v) is 5.55. The Morgan fingerprint density at radius 1 is 1.33 bits per heavy atom. The molecule has 1 aliphatic heterocycles. The highest BCUT2D eigenvalue weighted by molar-refractivity contribution is 7.11. The van der Waals surface area contributed by atoms with Crippen molar-refractivity contribution in [1.29, 1.82) is 0 Å². The van der Waals surface area contributed by atoms with Gasteiger partial charge >= 0.3 is 0 Å². The molecule has 1 aliphatic rings. The molecular weight excluding hydrogens is 344 g/mol. The van der Waals surface area contributed by atoms with E-state index in [1.807, 2.05) is 12.1 Å². The molecule has 0 saturated heterocycles. The van der Waals surface area contributed by atoms with Crippen LogP contribution in [0.25, 0.3) is 5.69 Å². The first-order valence-electron chi connectivity index (χ1n) is 7.76. The van der Waals surface area contributed by atoms with Gasteiger partial charge in [0, 0.05) is 36.1 Å². The Balaban J connectivity index is 1.58. The lowest BCUT2D eigenvalue weighted by Crippen LogP contribution is -2.30. The predicted molar refractivity (Wildman–Crippen MR) is 94.2 cm³/mol. The van der Waals surface area contributed by atoms with Crippen molar-refractivity contribution in [3.8, 4) is 5.69 Å². The molecule has 2 aromatic heterocycles. The predicted octanol–water partition coefficient (Wildman–Crippen LogP) is 2.39. The molecule has 0 fully saturated rings. The quantitative estimate of drug-likeness (QED) is 0.773. The van der Waals surface area contributed by atoms with E-state index in [0.29, 0.717) is 11.6 Å². The van der Waals surface area contributed by atoms with Crippen LogP contribution in [0, 0.1) is 0 Å². The van der Waals surface area contributed by atoms with Gasteiger partial charge in [-0.1, -0.05) is 17.7 Å². The fraction of sp³-hybridized carbons (Fsp3) is 0.312. The number of benzene rings is 1. The Morgan fingerprint density at radius 3 is 3.04 bits per heavy atom. The van der Waals surface area contributed by atoms with Crippen LogP contribution in [0.1, 0.15) is 21.1 Å². The average Bonchev–Trinajstić information content (AvgIpc) is 3.25. The number of aromatic nitrogens is 4. The summed E-state index contributed by atoms with van der Waals surface area (Å²) in [4.78, 5) is 12.5. The van der Waals surface area contributed by atoms with Gasteiger partial charge in [-0.15, -0.1) is 11.3 Å². The molecule has 6 nitrogen and oxygen atoms in total. The Labute approximate surface area is 148 Å². The Bertz CT molecular complexity index is 844. The molecule has 8 heteroatoms. The van der Waals surface area contributed by atoms with Gasteiger partial charge in [0.2, 0.25) is 0 Å². The lowest BCUT2D eigenvalue weighted by atomic mass is 10.1. The fourth-order valence-electron chi connectivity index (χ4n) is 2.99. The molecule has 1 aromatic carbocycles. The number of rotatable bonds is 4. The van der Waals surface area contributed by atoms with Crippen molar-refractivity contribution in [2.45, 2.75) is 26.1 Å². The van der Waals surface area contributed by atoms with Crippen molar-refractivity contribution in [2.75, 3.05) is 6.54 Å². The maximum absolute atomic E-state index is 6.17. The summed E-state index contributed by atoms with van der Waals surface area (Å²) in [6.07, 6.45) is 4.25. The standard InChI is InChI=1S/C16H17ClN6S/c17-12-2-1-11(14(5-12)23-10-19-9-20-23)7-22-4-3-15-13(8-22)21-16(6-18)24-15/h1-2,5,9-10H,3-4,6-8,18H2. The number of nitrogens with two attached hydrogens (primary N) is 1. The highest BCUT2D eigenvalue weighted by atomic mass is 35.5. The van der Waals surface area contributed by atoms with Crippen molar-refractivity contribution in [2.24, 2.45) is 5.73 Å². The summed E-state index contributed by atoms with van der Waals surface area (Å²) in [6.45, 7) is 3.20. The van der Waals surface area contributed by atoms with Crippen LogP contribution in [-0.4, -0.2) is 31.2 Å². The third kappa shape index (κ3) is 3.08. The average molecular weight is 361 g/mol. The molecular formula is C16H17ClN6S. The van der Waals surface area contributed by atoms with Crippen LogP contribution in [0.3, 0.4) is 0 Å². The number of hydrogen-bond donors (Lipinski definition) is 1. The fourth-order valence-corrected chi connectivity index (χ4v) is 4.10. The number of halogens is 1. The van der Waals surface area contributed by atoms with Crippen molar-refractivity contribution in [3.63, 3.8) is 0 Å². The molecule has 0 spiro atoms. The summed E-state index contributed by atoms with van der Waals surface area (Å²) >= 11 is 7.91. The largest absolute Gasteiger partial charge is 0.325 e. The van der Waals surface area contributed by atoms with Gasteiger partial charge < -0.3 is 5.73 Å². The molecule has 0 unspecified atom stereocenters. The van der Waals surface area contributed by atoms with Crippen molar-refractivity contribution < 1.29 is 0 Å². The summed E-state index contributed by atoms with van der Waals surface area (Å²) < 4.78 is 1.76. The number of fused-ring (bicyclic) bond motifs is 1. The first-order chi connectivity index (χ1) is 11.7. The zero-order valence-electron chi connectivity index (χ0n) is 13.0. The molecule has 3 heterocycles. The first-order valence-corrected chi connectivity index (χ1v) is 8.95. The molecule has 3 aromatic rings. The van der Waals surface area contributed by atoms with Gasteiger partial charge in [-0.05, 0) is 24.1 Å². The maximum Gasteiger partial charge on any atom is 0.138 e. The van der Waals surface area contributed by atoms with Gasteiger partial charge in [-0.25, -0.2) is 14.6 Å². The summed E-state index contributed by atoms with van der Waals surface area (Å²) in [6, 6.07) is 5.90. The lowest BCUT2D eigenvalue weighted by Gasteiger charge is -2.26. The van der Waals surface area contributed by atoms with Crippen LogP contribution in [0.4, 0.5) is 0 Å². The SMILES string of the molecule is NCc1nc2c(s1)CCN(Cc1ccc(Cl)cc1-n1cncn1)C2. The van der Waals surface area contributed by atoms with E-state index in [9.17, 15) is 0 Å². The summed E-state index contributed by atoms with van der Waals surface area (Å²) in [7, 11) is 0. The maximum atomic E-state index is 6.17. The summed E-state index contributed by atoms with van der Waals surface area (Å²) in [5.74, 6) is 0. The van der Waals surface area contributed by atoms with E-state index in [1.54, 1.807) is 22.3 Å². The molecule has 0 saturated carbocycles. The minimum Gasteiger partial charge on any atom is -0.325 e. The van der Waals surface area contributed by atoms with Gasteiger partial charge in [0.1, 0.15) is 17.7 Å². The van der Waals surface area contributed by atoms with E-state index in [0.717, 1.165) is 36.8 Å². The van der Waals surface area contributed by atoms with Gasteiger partial charge in [0.15, 0.2) is 0 Å². The van der Waals surface area contributed by atoms with E-state index in [2.05, 4.69) is 26.0 Å². The molecule has 4 rings (SSSR count). The van der Waals surface area contributed by atoms with Crippen LogP contribution in [-0.2, 0) is 26.1 Å². The van der Waals surface area contributed by atoms with Crippen molar-refractivity contribution >= 4 is 22.9 Å². The summed E-state index contributed by atoms with van der Waals surface area (Å²) in [5, 5.41) is 5.95. The van der Waals surface area contributed by atoms with Gasteiger partial charge in [0.05, 0.1) is 11.4 Å². The van der Waals surface area contributed by atoms with Crippen molar-refractivity contribution in [1.82, 2.24) is 24.6 Å². The van der Waals surface area contributed by atoms with E-state index >= 15 is 0 Å². The molecule has 24 heavy (non-hydrogen) atoms. The Kier molecular flexibility index (Phi) is 4.32. The van der Waals surface area contributed by atoms with E-state index < -0.39 is 0 Å². The molecule has 2 N–H and O–H groups in total. The van der Waals surface area contributed by atoms with Crippen LogP contribution in [0.15, 0.2) is 30.9 Å². The first kappa shape index (κ1) is 15.7. The lowest BCUT2D eigenvalue weighted by molar-refractivity contribution is 0.243. The Hall–Kier alpha value is -1.80. The normalized spacial score (nSPS) is 14.8. The third-order valence-electron chi connectivity index (χ3n) is 4.13. The molecule has 0 atom stereocenters. The smallest absolute Gasteiger partial charge is 0.138 e. The minimum absolute atomic E-state index is 0.519. The highest BCUT2D eigenvalue weighted by Crippen LogP contribution is 2.27. The molecule has 0 bridgehead atoms. The van der Waals surface area contributed by atoms with Crippen LogP contribution < -0.4 is 5.73 Å². The number of nitrogens with zero attached hydrogens (tertiary/aromatic N) is 5. The zero-order valence-corrected chi connectivity index (χ0v) is 14.6. The monoisotopic (exact) mass is 360 g/mol. The molecule has 0 amide bonds. The molecule has 124 valence electrons. The molecule has 0 radical (unpaired) electrons. The van der Waals surface area contributed by atoms with Crippen LogP contribution in [0.2, 0.25) is 5.02 Å². The van der Waals surface area contributed by atoms with E-state index in [4.69, 9.17) is 17.3 Å². The van der Waals surface area contributed by atoms with Gasteiger partial charge in [-0.3, -0.25) is 4.90 Å². The van der Waals surface area contributed by atoms with E-state index in [1.165, 1.54) is 22.5 Å². The van der Waals surface area contributed by atoms with Gasteiger partial charge in [0.25, 0.3) is 0 Å². The second-order valence-corrected chi connectivity index (χ2v) is 7.36. The van der Waals surface area contributed by atoms with Gasteiger partial charge in [-0.2, -0.15) is 5.10 Å². The minimum atomic E-state index is 0.519. The second-order valence-electron chi connectivity index (χ2n) is 5.76. The summed E-state index contributed by atoms with van der Waals surface area (Å²) in [5.41, 5.74) is 9.02. The zero-order chi connectivity index (χ0) is 16.5. The van der Waals surface area contributed by atoms with E-state index in [-0.39, 0.29) is 0 Å². The topological polar surface area (TPSA) is 72.9 Å². The van der Waals surface area contributed by atoms with Crippen LogP contribution >= 0.6 is 22.9 Å². The molecule has 0 aliphatic carbocycles. The van der Waals surface area contributed by atoms with Crippen molar-refractivity contribution in [3.05, 3.63) is 57.0 Å².